The van der Waals surface area contributed by atoms with Gasteiger partial charge in [0.1, 0.15) is 6.61 Å². The molecule has 0 aromatic carbocycles. The average molecular weight is 277 g/mol. The van der Waals surface area contributed by atoms with E-state index < -0.39 is 0 Å². The van der Waals surface area contributed by atoms with Crippen LogP contribution in [0.3, 0.4) is 0 Å². The fourth-order valence-corrected chi connectivity index (χ4v) is 1.11. The third kappa shape index (κ3) is 15.0. The molecule has 0 spiro atoms. The Balaban J connectivity index is -0.000000916. The summed E-state index contributed by atoms with van der Waals surface area (Å²) in [6.45, 7) is 8.62. The Morgan fingerprint density at radius 3 is 2.42 bits per heavy atom. The van der Waals surface area contributed by atoms with E-state index in [0.29, 0.717) is 19.6 Å². The molecule has 0 rings (SSSR count). The fraction of sp³-hybridized carbons (Fsp3) is 0.857. The van der Waals surface area contributed by atoms with Crippen LogP contribution < -0.4 is 5.32 Å². The van der Waals surface area contributed by atoms with Crippen LogP contribution in [-0.4, -0.2) is 43.2 Å². The normalized spacial score (nSPS) is 9.79. The molecule has 0 aliphatic carbocycles. The smallest absolute Gasteiger partial charge is 0.220 e. The number of nitrogens with one attached hydrogen (secondary N) is 1. The number of unbranched alkanes of at least 4 members (excludes halogenated alkanes) is 1. The van der Waals surface area contributed by atoms with Crippen molar-refractivity contribution in [2.75, 3.05) is 26.4 Å². The van der Waals surface area contributed by atoms with Crippen molar-refractivity contribution in [1.82, 2.24) is 5.32 Å². The number of hydrogen-bond donors (Lipinski definition) is 2. The summed E-state index contributed by atoms with van der Waals surface area (Å²) >= 11 is 0. The first-order valence-corrected chi connectivity index (χ1v) is 7.06. The molecule has 0 saturated heterocycles. The van der Waals surface area contributed by atoms with Crippen LogP contribution in [0, 0.1) is 5.92 Å². The van der Waals surface area contributed by atoms with Gasteiger partial charge in [-0.15, -0.1) is 0 Å². The molecule has 0 unspecified atom stereocenters. The highest BCUT2D eigenvalue weighted by Crippen LogP contribution is 1.98. The third-order valence-electron chi connectivity index (χ3n) is 2.26. The van der Waals surface area contributed by atoms with E-state index in [1.54, 1.807) is 0 Å². The van der Waals surface area contributed by atoms with Crippen molar-refractivity contribution in [2.45, 2.75) is 47.0 Å². The minimum Gasteiger partial charge on any atom is -0.395 e. The lowest BCUT2D eigenvalue weighted by molar-refractivity contribution is -0.126. The summed E-state index contributed by atoms with van der Waals surface area (Å²) in [4.78, 5) is 22.3. The van der Waals surface area contributed by atoms with Crippen LogP contribution in [0.5, 0.6) is 0 Å². The van der Waals surface area contributed by atoms with E-state index >= 15 is 0 Å². The molecule has 0 aliphatic heterocycles. The molecular formula is C14H31NO4. The molecule has 116 valence electrons. The zero-order chi connectivity index (χ0) is 15.1. The minimum absolute atomic E-state index is 0. The van der Waals surface area contributed by atoms with Gasteiger partial charge in [0, 0.05) is 26.9 Å². The maximum Gasteiger partial charge on any atom is 0.220 e. The van der Waals surface area contributed by atoms with Gasteiger partial charge >= 0.3 is 0 Å². The fourth-order valence-electron chi connectivity index (χ4n) is 1.11. The highest BCUT2D eigenvalue weighted by Gasteiger charge is 2.06. The standard InChI is InChI=1S/C12H23NO4.C2H6.H2/c1-10(2)11(15)9-17-8-4-3-5-12(16)13-6-7-14;1-2;/h10,14H,3-9H2,1-2H3,(H,13,16);1-2H3;1H. The Kier molecular flexibility index (Phi) is 16.2. The predicted octanol–water partition coefficient (Wildman–Crippen LogP) is 1.78. The Morgan fingerprint density at radius 1 is 1.26 bits per heavy atom. The van der Waals surface area contributed by atoms with Gasteiger partial charge in [-0.05, 0) is 12.8 Å². The maximum absolute atomic E-state index is 11.2. The van der Waals surface area contributed by atoms with Crippen LogP contribution >= 0.6 is 0 Å². The van der Waals surface area contributed by atoms with E-state index in [1.807, 2.05) is 27.7 Å². The van der Waals surface area contributed by atoms with E-state index in [-0.39, 0.29) is 32.2 Å². The molecule has 0 aliphatic rings. The number of carbonyl (C=O) groups is 2. The van der Waals surface area contributed by atoms with Crippen LogP contribution in [0.15, 0.2) is 0 Å². The van der Waals surface area contributed by atoms with Gasteiger partial charge in [0.15, 0.2) is 5.78 Å². The van der Waals surface area contributed by atoms with Gasteiger partial charge in [0.2, 0.25) is 5.91 Å². The molecule has 5 heteroatoms. The molecular weight excluding hydrogens is 246 g/mol. The summed E-state index contributed by atoms with van der Waals surface area (Å²) in [6.07, 6.45) is 1.92. The second-order valence-electron chi connectivity index (χ2n) is 4.20. The third-order valence-corrected chi connectivity index (χ3v) is 2.26. The second-order valence-corrected chi connectivity index (χ2v) is 4.20. The van der Waals surface area contributed by atoms with Crippen molar-refractivity contribution >= 4 is 11.7 Å². The molecule has 0 radical (unpaired) electrons. The van der Waals surface area contributed by atoms with Gasteiger partial charge in [-0.2, -0.15) is 0 Å². The van der Waals surface area contributed by atoms with Gasteiger partial charge in [0.05, 0.1) is 6.61 Å². The zero-order valence-electron chi connectivity index (χ0n) is 12.7. The van der Waals surface area contributed by atoms with E-state index in [4.69, 9.17) is 9.84 Å². The Hall–Kier alpha value is -0.940. The van der Waals surface area contributed by atoms with E-state index in [9.17, 15) is 9.59 Å². The van der Waals surface area contributed by atoms with Crippen LogP contribution in [0.1, 0.15) is 48.4 Å². The number of Topliss-reactive ketones (excluding diaryl/α,β-unsaturated/α-hetero) is 1. The zero-order valence-corrected chi connectivity index (χ0v) is 12.7. The largest absolute Gasteiger partial charge is 0.395 e. The molecule has 0 aromatic heterocycles. The molecule has 0 heterocycles. The molecule has 0 fully saturated rings. The van der Waals surface area contributed by atoms with Gasteiger partial charge in [-0.1, -0.05) is 27.7 Å². The van der Waals surface area contributed by atoms with Crippen molar-refractivity contribution < 1.29 is 20.9 Å². The lowest BCUT2D eigenvalue weighted by Gasteiger charge is -2.06. The van der Waals surface area contributed by atoms with Crippen molar-refractivity contribution in [3.8, 4) is 0 Å². The SMILES string of the molecule is CC.CC(C)C(=O)COCCCCC(=O)NCCO.[HH]. The van der Waals surface area contributed by atoms with E-state index in [0.717, 1.165) is 12.8 Å². The maximum atomic E-state index is 11.2. The predicted molar refractivity (Wildman–Crippen MR) is 78.1 cm³/mol. The van der Waals surface area contributed by atoms with Crippen LogP contribution in [0.2, 0.25) is 0 Å². The summed E-state index contributed by atoms with van der Waals surface area (Å²) in [5.74, 6) is 0.0576. The summed E-state index contributed by atoms with van der Waals surface area (Å²) < 4.78 is 5.20. The highest BCUT2D eigenvalue weighted by atomic mass is 16.5. The lowest BCUT2D eigenvalue weighted by atomic mass is 10.1. The molecule has 2 N–H and O–H groups in total. The number of aliphatic hydroxyl groups is 1. The number of carbonyl (C=O) groups excluding carboxylic acids is 2. The Bertz CT molecular complexity index is 235. The number of ketones is 1. The van der Waals surface area contributed by atoms with Gasteiger partial charge in [-0.25, -0.2) is 0 Å². The monoisotopic (exact) mass is 277 g/mol. The van der Waals surface area contributed by atoms with Crippen LogP contribution in [-0.2, 0) is 14.3 Å². The highest BCUT2D eigenvalue weighted by molar-refractivity contribution is 5.81. The molecule has 19 heavy (non-hydrogen) atoms. The van der Waals surface area contributed by atoms with Crippen molar-refractivity contribution in [2.24, 2.45) is 5.92 Å². The molecule has 0 saturated carbocycles. The summed E-state index contributed by atoms with van der Waals surface area (Å²) in [5, 5.41) is 11.1. The first kappa shape index (κ1) is 20.4. The average Bonchev–Trinajstić information content (AvgIpc) is 2.42. The van der Waals surface area contributed by atoms with E-state index in [2.05, 4.69) is 5.32 Å². The quantitative estimate of drug-likeness (QED) is 0.597. The minimum atomic E-state index is -0.0580. The number of hydrogen-bond acceptors (Lipinski definition) is 4. The number of rotatable bonds is 10. The van der Waals surface area contributed by atoms with Crippen molar-refractivity contribution in [1.29, 1.82) is 0 Å². The van der Waals surface area contributed by atoms with Crippen LogP contribution in [0.25, 0.3) is 0 Å². The van der Waals surface area contributed by atoms with Crippen LogP contribution in [0.4, 0.5) is 0 Å². The van der Waals surface area contributed by atoms with Crippen molar-refractivity contribution in [3.63, 3.8) is 0 Å². The first-order chi connectivity index (χ1) is 9.07. The van der Waals surface area contributed by atoms with Crippen molar-refractivity contribution in [3.05, 3.63) is 0 Å². The Labute approximate surface area is 118 Å². The Morgan fingerprint density at radius 2 is 1.89 bits per heavy atom. The molecule has 0 bridgehead atoms. The van der Waals surface area contributed by atoms with E-state index in [1.165, 1.54) is 0 Å². The number of aliphatic hydroxyl groups excluding tert-OH is 1. The van der Waals surface area contributed by atoms with Gasteiger partial charge in [0.25, 0.3) is 0 Å². The number of ether oxygens (including phenoxy) is 1. The lowest BCUT2D eigenvalue weighted by Crippen LogP contribution is -2.26. The topological polar surface area (TPSA) is 75.6 Å². The molecule has 1 amide bonds. The molecule has 5 nitrogen and oxygen atoms in total. The first-order valence-electron chi connectivity index (χ1n) is 7.06. The summed E-state index contributed by atoms with van der Waals surface area (Å²) in [6, 6.07) is 0. The molecule has 0 aromatic rings. The number of amides is 1. The van der Waals surface area contributed by atoms with Gasteiger partial charge in [-0.3, -0.25) is 9.59 Å². The van der Waals surface area contributed by atoms with Gasteiger partial charge < -0.3 is 15.2 Å². The molecule has 0 atom stereocenters. The summed E-state index contributed by atoms with van der Waals surface area (Å²) in [7, 11) is 0. The summed E-state index contributed by atoms with van der Waals surface area (Å²) in [5.41, 5.74) is 0. The second kappa shape index (κ2) is 15.1.